The summed E-state index contributed by atoms with van der Waals surface area (Å²) in [6, 6.07) is 11.8. The zero-order valence-electron chi connectivity index (χ0n) is 13.1. The van der Waals surface area contributed by atoms with Crippen LogP contribution in [-0.2, 0) is 4.79 Å². The number of hydrogen-bond acceptors (Lipinski definition) is 5. The maximum atomic E-state index is 12.7. The molecule has 3 aromatic rings. The third kappa shape index (κ3) is 2.38. The quantitative estimate of drug-likeness (QED) is 0.767. The highest BCUT2D eigenvalue weighted by Crippen LogP contribution is 2.52. The first-order valence-corrected chi connectivity index (χ1v) is 9.73. The van der Waals surface area contributed by atoms with Gasteiger partial charge in [0.1, 0.15) is 5.01 Å². The van der Waals surface area contributed by atoms with Crippen LogP contribution in [0, 0.1) is 17.8 Å². The molecule has 1 unspecified atom stereocenters. The van der Waals surface area contributed by atoms with E-state index < -0.39 is 5.97 Å². The van der Waals surface area contributed by atoms with Crippen LogP contribution in [0.15, 0.2) is 36.4 Å². The Morgan fingerprint density at radius 1 is 1.08 bits per heavy atom. The molecule has 1 N–H and O–H groups in total. The summed E-state index contributed by atoms with van der Waals surface area (Å²) in [5, 5.41) is 10.0. The number of fused-ring (bicyclic) bond motifs is 2. The number of carboxylic acids is 1. The van der Waals surface area contributed by atoms with Gasteiger partial charge in [0, 0.05) is 13.1 Å². The molecule has 1 aromatic carbocycles. The van der Waals surface area contributed by atoms with Gasteiger partial charge < -0.3 is 10.0 Å². The minimum absolute atomic E-state index is 0.00806. The van der Waals surface area contributed by atoms with Crippen LogP contribution >= 0.6 is 22.7 Å². The lowest BCUT2D eigenvalue weighted by atomic mass is 10.2. The molecule has 5 rings (SSSR count). The molecule has 5 nitrogen and oxygen atoms in total. The molecule has 1 aliphatic heterocycles. The number of aromatic nitrogens is 1. The summed E-state index contributed by atoms with van der Waals surface area (Å²) in [5.74, 6) is -0.675. The van der Waals surface area contributed by atoms with Crippen molar-refractivity contribution in [2.45, 2.75) is 0 Å². The number of thiazole rings is 1. The van der Waals surface area contributed by atoms with Crippen LogP contribution < -0.4 is 0 Å². The molecular weight excluding hydrogens is 356 g/mol. The van der Waals surface area contributed by atoms with E-state index in [4.69, 9.17) is 5.11 Å². The second kappa shape index (κ2) is 5.37. The van der Waals surface area contributed by atoms with Crippen LogP contribution in [0.3, 0.4) is 0 Å². The molecule has 2 aromatic heterocycles. The molecule has 0 radical (unpaired) electrons. The maximum Gasteiger partial charge on any atom is 0.307 e. The Hall–Kier alpha value is -2.25. The lowest BCUT2D eigenvalue weighted by molar-refractivity contribution is -0.139. The van der Waals surface area contributed by atoms with Crippen molar-refractivity contribution in [1.29, 1.82) is 0 Å². The van der Waals surface area contributed by atoms with E-state index in [1.807, 2.05) is 36.4 Å². The van der Waals surface area contributed by atoms with Gasteiger partial charge in [0.15, 0.2) is 0 Å². The number of amides is 1. The molecule has 3 heterocycles. The number of carboxylic acid groups (broad SMARTS) is 1. The Labute approximate surface area is 151 Å². The number of thiophene rings is 1. The molecule has 1 saturated heterocycles. The number of nitrogens with zero attached hydrogens (tertiary/aromatic N) is 2. The van der Waals surface area contributed by atoms with Crippen LogP contribution in [0.1, 0.15) is 9.67 Å². The molecule has 0 spiro atoms. The van der Waals surface area contributed by atoms with Gasteiger partial charge in [-0.3, -0.25) is 9.59 Å². The number of piperidine rings is 1. The van der Waals surface area contributed by atoms with Gasteiger partial charge in [0.05, 0.1) is 25.9 Å². The molecule has 126 valence electrons. The van der Waals surface area contributed by atoms with Crippen LogP contribution in [0.2, 0.25) is 0 Å². The summed E-state index contributed by atoms with van der Waals surface area (Å²) in [5.41, 5.74) is 0.975. The molecule has 1 saturated carbocycles. The lowest BCUT2D eigenvalue weighted by Gasteiger charge is -2.18. The first-order valence-electron chi connectivity index (χ1n) is 8.09. The van der Waals surface area contributed by atoms with E-state index in [9.17, 15) is 9.59 Å². The Balaban J connectivity index is 1.35. The van der Waals surface area contributed by atoms with Crippen LogP contribution in [0.5, 0.6) is 0 Å². The van der Waals surface area contributed by atoms with E-state index in [1.54, 1.807) is 16.2 Å². The number of aliphatic carboxylic acids is 1. The van der Waals surface area contributed by atoms with Crippen LogP contribution in [0.4, 0.5) is 0 Å². The van der Waals surface area contributed by atoms with E-state index >= 15 is 0 Å². The predicted molar refractivity (Wildman–Crippen MR) is 96.9 cm³/mol. The maximum absolute atomic E-state index is 12.7. The van der Waals surface area contributed by atoms with E-state index in [0.717, 1.165) is 20.1 Å². The van der Waals surface area contributed by atoms with Crippen molar-refractivity contribution in [2.75, 3.05) is 13.1 Å². The molecule has 1 aliphatic carbocycles. The average molecular weight is 370 g/mol. The number of rotatable bonds is 3. The molecule has 7 heteroatoms. The standard InChI is InChI=1S/C18H14N2O3S2/c21-17(20-7-9-10(8-20)15(9)18(22)23)14-6-5-13(24-14)16-19-11-3-1-2-4-12(11)25-16/h1-6,9-10,15H,7-8H2,(H,22,23)/t9-,10+,15?. The van der Waals surface area contributed by atoms with Crippen LogP contribution in [-0.4, -0.2) is 40.0 Å². The minimum Gasteiger partial charge on any atom is -0.481 e. The summed E-state index contributed by atoms with van der Waals surface area (Å²) < 4.78 is 1.14. The van der Waals surface area contributed by atoms with E-state index in [0.29, 0.717) is 18.0 Å². The van der Waals surface area contributed by atoms with E-state index in [2.05, 4.69) is 4.98 Å². The summed E-state index contributed by atoms with van der Waals surface area (Å²) in [6.45, 7) is 1.13. The fraction of sp³-hybridized carbons (Fsp3) is 0.278. The molecule has 2 aliphatic rings. The number of para-hydroxylation sites is 1. The Morgan fingerprint density at radius 3 is 2.56 bits per heavy atom. The van der Waals surface area contributed by atoms with Crippen molar-refractivity contribution in [1.82, 2.24) is 9.88 Å². The topological polar surface area (TPSA) is 70.5 Å². The zero-order valence-corrected chi connectivity index (χ0v) is 14.7. The second-order valence-corrected chi connectivity index (χ2v) is 8.67. The average Bonchev–Trinajstić information content (AvgIpc) is 3.06. The predicted octanol–water partition coefficient (Wildman–Crippen LogP) is 3.43. The molecular formula is C18H14N2O3S2. The largest absolute Gasteiger partial charge is 0.481 e. The molecule has 25 heavy (non-hydrogen) atoms. The molecule has 0 bridgehead atoms. The van der Waals surface area contributed by atoms with Crippen molar-refractivity contribution < 1.29 is 14.7 Å². The number of likely N-dealkylation sites (tertiary alicyclic amines) is 1. The van der Waals surface area contributed by atoms with Gasteiger partial charge >= 0.3 is 5.97 Å². The first kappa shape index (κ1) is 15.0. The summed E-state index contributed by atoms with van der Waals surface area (Å²) in [6.07, 6.45) is 0. The summed E-state index contributed by atoms with van der Waals surface area (Å²) >= 11 is 3.09. The van der Waals surface area contributed by atoms with Crippen molar-refractivity contribution in [3.8, 4) is 9.88 Å². The normalized spacial score (nSPS) is 24.5. The van der Waals surface area contributed by atoms with Gasteiger partial charge in [-0.1, -0.05) is 12.1 Å². The van der Waals surface area contributed by atoms with Crippen molar-refractivity contribution >= 4 is 44.8 Å². The van der Waals surface area contributed by atoms with E-state index in [1.165, 1.54) is 11.3 Å². The van der Waals surface area contributed by atoms with Gasteiger partial charge in [0.25, 0.3) is 5.91 Å². The highest BCUT2D eigenvalue weighted by atomic mass is 32.1. The Bertz CT molecular complexity index is 964. The van der Waals surface area contributed by atoms with Gasteiger partial charge in [-0.25, -0.2) is 4.98 Å². The number of hydrogen-bond donors (Lipinski definition) is 1. The fourth-order valence-corrected chi connectivity index (χ4v) is 5.75. The third-order valence-electron chi connectivity index (χ3n) is 5.09. The third-order valence-corrected chi connectivity index (χ3v) is 7.37. The second-order valence-electron chi connectivity index (χ2n) is 6.55. The number of benzene rings is 1. The van der Waals surface area contributed by atoms with Crippen LogP contribution in [0.25, 0.3) is 20.1 Å². The Kier molecular flexibility index (Phi) is 3.23. The SMILES string of the molecule is O=C(O)C1[C@H]2CN(C(=O)c3ccc(-c4nc5ccccc5s4)s3)C[C@@H]12. The van der Waals surface area contributed by atoms with Crippen molar-refractivity contribution in [3.63, 3.8) is 0 Å². The van der Waals surface area contributed by atoms with E-state index in [-0.39, 0.29) is 23.7 Å². The summed E-state index contributed by atoms with van der Waals surface area (Å²) in [7, 11) is 0. The monoisotopic (exact) mass is 370 g/mol. The van der Waals surface area contributed by atoms with Crippen molar-refractivity contribution in [2.24, 2.45) is 17.8 Å². The highest BCUT2D eigenvalue weighted by molar-refractivity contribution is 7.26. The minimum atomic E-state index is -0.726. The lowest BCUT2D eigenvalue weighted by Crippen LogP contribution is -2.32. The van der Waals surface area contributed by atoms with Gasteiger partial charge in [-0.15, -0.1) is 22.7 Å². The Morgan fingerprint density at radius 2 is 1.84 bits per heavy atom. The smallest absolute Gasteiger partial charge is 0.307 e. The highest BCUT2D eigenvalue weighted by Gasteiger charge is 2.60. The molecule has 1 amide bonds. The zero-order chi connectivity index (χ0) is 17.1. The first-order chi connectivity index (χ1) is 12.1. The van der Waals surface area contributed by atoms with Gasteiger partial charge in [0.2, 0.25) is 0 Å². The van der Waals surface area contributed by atoms with Gasteiger partial charge in [-0.05, 0) is 36.1 Å². The fourth-order valence-electron chi connectivity index (χ4n) is 3.76. The van der Waals surface area contributed by atoms with Crippen molar-refractivity contribution in [3.05, 3.63) is 41.3 Å². The number of carbonyl (C=O) groups excluding carboxylic acids is 1. The summed E-state index contributed by atoms with van der Waals surface area (Å²) in [4.78, 5) is 31.9. The van der Waals surface area contributed by atoms with Gasteiger partial charge in [-0.2, -0.15) is 0 Å². The number of carbonyl (C=O) groups is 2. The molecule has 3 atom stereocenters. The molecule has 2 fully saturated rings.